The van der Waals surface area contributed by atoms with Crippen LogP contribution in [-0.4, -0.2) is 24.5 Å². The highest BCUT2D eigenvalue weighted by molar-refractivity contribution is 5.33. The van der Waals surface area contributed by atoms with Gasteiger partial charge in [-0.3, -0.25) is 4.90 Å². The summed E-state index contributed by atoms with van der Waals surface area (Å²) in [6, 6.07) is 18.4. The molecular weight excluding hydrogens is 256 g/mol. The number of hydrogen-bond donors (Lipinski definition) is 1. The fourth-order valence-corrected chi connectivity index (χ4v) is 3.80. The van der Waals surface area contributed by atoms with Crippen LogP contribution in [0.25, 0.3) is 0 Å². The second-order valence-electron chi connectivity index (χ2n) is 6.15. The van der Waals surface area contributed by atoms with E-state index in [0.29, 0.717) is 6.04 Å². The first-order valence-corrected chi connectivity index (χ1v) is 8.01. The highest BCUT2D eigenvalue weighted by Crippen LogP contribution is 2.29. The fourth-order valence-electron chi connectivity index (χ4n) is 3.80. The molecule has 2 aromatic rings. The lowest BCUT2D eigenvalue weighted by Gasteiger charge is -2.35. The molecule has 0 amide bonds. The third-order valence-corrected chi connectivity index (χ3v) is 4.96. The topological polar surface area (TPSA) is 15.3 Å². The van der Waals surface area contributed by atoms with Crippen LogP contribution in [-0.2, 0) is 19.4 Å². The van der Waals surface area contributed by atoms with Crippen LogP contribution in [0.4, 0.5) is 0 Å². The van der Waals surface area contributed by atoms with E-state index in [9.17, 15) is 0 Å². The van der Waals surface area contributed by atoms with E-state index in [4.69, 9.17) is 0 Å². The molecule has 0 fully saturated rings. The molecule has 1 unspecified atom stereocenters. The molecule has 108 valence electrons. The van der Waals surface area contributed by atoms with Gasteiger partial charge in [-0.15, -0.1) is 0 Å². The molecule has 0 saturated carbocycles. The van der Waals surface area contributed by atoms with Crippen LogP contribution >= 0.6 is 0 Å². The first-order chi connectivity index (χ1) is 10.4. The maximum absolute atomic E-state index is 3.59. The summed E-state index contributed by atoms with van der Waals surface area (Å²) in [5, 5.41) is 3.59. The van der Waals surface area contributed by atoms with Gasteiger partial charge in [0.1, 0.15) is 0 Å². The van der Waals surface area contributed by atoms with Gasteiger partial charge in [0.2, 0.25) is 0 Å². The Labute approximate surface area is 126 Å². The Morgan fingerprint density at radius 2 is 1.43 bits per heavy atom. The Balaban J connectivity index is 1.59. The largest absolute Gasteiger partial charge is 0.311 e. The van der Waals surface area contributed by atoms with Crippen molar-refractivity contribution in [2.75, 3.05) is 19.6 Å². The zero-order valence-electron chi connectivity index (χ0n) is 12.4. The number of benzene rings is 2. The number of rotatable bonds is 1. The number of nitrogens with zero attached hydrogens (tertiary/aromatic N) is 1. The highest BCUT2D eigenvalue weighted by atomic mass is 15.2. The van der Waals surface area contributed by atoms with Crippen molar-refractivity contribution < 1.29 is 0 Å². The molecule has 21 heavy (non-hydrogen) atoms. The monoisotopic (exact) mass is 278 g/mol. The molecule has 0 saturated heterocycles. The van der Waals surface area contributed by atoms with Gasteiger partial charge in [-0.2, -0.15) is 0 Å². The third-order valence-electron chi connectivity index (χ3n) is 4.96. The maximum Gasteiger partial charge on any atom is 0.0476 e. The van der Waals surface area contributed by atoms with Crippen molar-refractivity contribution in [3.8, 4) is 0 Å². The lowest BCUT2D eigenvalue weighted by atomic mass is 9.95. The molecule has 0 aliphatic carbocycles. The molecule has 2 nitrogen and oxygen atoms in total. The molecule has 1 N–H and O–H groups in total. The molecule has 0 aromatic heterocycles. The lowest BCUT2D eigenvalue weighted by Crippen LogP contribution is -2.40. The Morgan fingerprint density at radius 1 is 0.810 bits per heavy atom. The number of fused-ring (bicyclic) bond motifs is 2. The Bertz CT molecular complexity index is 608. The molecule has 2 heteroatoms. The van der Waals surface area contributed by atoms with Crippen molar-refractivity contribution in [1.29, 1.82) is 0 Å². The summed E-state index contributed by atoms with van der Waals surface area (Å²) in [7, 11) is 0. The van der Waals surface area contributed by atoms with Gasteiger partial charge in [-0.25, -0.2) is 0 Å². The van der Waals surface area contributed by atoms with E-state index in [-0.39, 0.29) is 0 Å². The first-order valence-electron chi connectivity index (χ1n) is 8.01. The van der Waals surface area contributed by atoms with Crippen LogP contribution in [0, 0.1) is 0 Å². The van der Waals surface area contributed by atoms with Crippen molar-refractivity contribution in [1.82, 2.24) is 10.2 Å². The van der Waals surface area contributed by atoms with E-state index >= 15 is 0 Å². The van der Waals surface area contributed by atoms with Crippen molar-refractivity contribution >= 4 is 0 Å². The third kappa shape index (κ3) is 2.50. The highest BCUT2D eigenvalue weighted by Gasteiger charge is 2.26. The Kier molecular flexibility index (Phi) is 3.50. The predicted octanol–water partition coefficient (Wildman–Crippen LogP) is 2.93. The smallest absolute Gasteiger partial charge is 0.0476 e. The summed E-state index contributed by atoms with van der Waals surface area (Å²) >= 11 is 0. The SMILES string of the molecule is c1ccc2c(c1)CCN(C1CNCc3ccccc31)CC2. The summed E-state index contributed by atoms with van der Waals surface area (Å²) in [5.41, 5.74) is 6.08. The van der Waals surface area contributed by atoms with Gasteiger partial charge in [-0.05, 0) is 35.1 Å². The molecule has 2 aliphatic heterocycles. The minimum Gasteiger partial charge on any atom is -0.311 e. The average Bonchev–Trinajstić information content (AvgIpc) is 2.77. The van der Waals surface area contributed by atoms with Crippen LogP contribution in [0.2, 0.25) is 0 Å². The summed E-state index contributed by atoms with van der Waals surface area (Å²) in [6.45, 7) is 4.42. The average molecular weight is 278 g/mol. The van der Waals surface area contributed by atoms with Gasteiger partial charge in [0.05, 0.1) is 0 Å². The molecule has 1 atom stereocenters. The molecule has 2 aliphatic rings. The molecule has 2 heterocycles. The zero-order valence-corrected chi connectivity index (χ0v) is 12.4. The standard InChI is InChI=1S/C19H22N2/c1-2-6-16-10-12-21(11-9-15(16)5-1)19-14-20-13-17-7-3-4-8-18(17)19/h1-8,19-20H,9-14H2. The maximum atomic E-state index is 3.59. The summed E-state index contributed by atoms with van der Waals surface area (Å²) in [4.78, 5) is 2.67. The lowest BCUT2D eigenvalue weighted by molar-refractivity contribution is 0.193. The first kappa shape index (κ1) is 13.1. The number of hydrogen-bond acceptors (Lipinski definition) is 2. The minimum absolute atomic E-state index is 0.532. The normalized spacial score (nSPS) is 22.2. The predicted molar refractivity (Wildman–Crippen MR) is 86.3 cm³/mol. The summed E-state index contributed by atoms with van der Waals surface area (Å²) < 4.78 is 0. The molecule has 0 bridgehead atoms. The second kappa shape index (κ2) is 5.63. The van der Waals surface area contributed by atoms with Gasteiger partial charge < -0.3 is 5.32 Å². The van der Waals surface area contributed by atoms with Gasteiger partial charge >= 0.3 is 0 Å². The summed E-state index contributed by atoms with van der Waals surface area (Å²) in [6.07, 6.45) is 2.35. The van der Waals surface area contributed by atoms with Gasteiger partial charge in [0.25, 0.3) is 0 Å². The van der Waals surface area contributed by atoms with Crippen molar-refractivity contribution in [2.45, 2.75) is 25.4 Å². The quantitative estimate of drug-likeness (QED) is 0.863. The molecular formula is C19H22N2. The van der Waals surface area contributed by atoms with E-state index < -0.39 is 0 Å². The van der Waals surface area contributed by atoms with E-state index in [1.54, 1.807) is 0 Å². The van der Waals surface area contributed by atoms with Crippen LogP contribution in [0.15, 0.2) is 48.5 Å². The van der Waals surface area contributed by atoms with E-state index in [2.05, 4.69) is 58.7 Å². The van der Waals surface area contributed by atoms with E-state index in [0.717, 1.165) is 26.2 Å². The van der Waals surface area contributed by atoms with Gasteiger partial charge in [-0.1, -0.05) is 48.5 Å². The van der Waals surface area contributed by atoms with Gasteiger partial charge in [0, 0.05) is 32.2 Å². The second-order valence-corrected chi connectivity index (χ2v) is 6.15. The Hall–Kier alpha value is -1.64. The molecule has 0 spiro atoms. The summed E-state index contributed by atoms with van der Waals surface area (Å²) in [5.74, 6) is 0. The Morgan fingerprint density at radius 3 is 2.14 bits per heavy atom. The van der Waals surface area contributed by atoms with E-state index in [1.807, 2.05) is 0 Å². The van der Waals surface area contributed by atoms with Crippen LogP contribution in [0.1, 0.15) is 28.3 Å². The van der Waals surface area contributed by atoms with Crippen molar-refractivity contribution in [2.24, 2.45) is 0 Å². The van der Waals surface area contributed by atoms with Crippen LogP contribution in [0.3, 0.4) is 0 Å². The van der Waals surface area contributed by atoms with Crippen LogP contribution in [0.5, 0.6) is 0 Å². The van der Waals surface area contributed by atoms with Crippen LogP contribution < -0.4 is 5.32 Å². The molecule has 2 aromatic carbocycles. The number of nitrogens with one attached hydrogen (secondary N) is 1. The van der Waals surface area contributed by atoms with Gasteiger partial charge in [0.15, 0.2) is 0 Å². The molecule has 0 radical (unpaired) electrons. The minimum atomic E-state index is 0.532. The molecule has 4 rings (SSSR count). The van der Waals surface area contributed by atoms with E-state index in [1.165, 1.54) is 35.1 Å². The fraction of sp³-hybridized carbons (Fsp3) is 0.368. The van der Waals surface area contributed by atoms with Crippen molar-refractivity contribution in [3.63, 3.8) is 0 Å². The van der Waals surface area contributed by atoms with Crippen molar-refractivity contribution in [3.05, 3.63) is 70.8 Å². The zero-order chi connectivity index (χ0) is 14.1.